The Morgan fingerprint density at radius 3 is 0.516 bits per heavy atom. The van der Waals surface area contributed by atoms with Crippen LogP contribution in [0, 0.1) is 0 Å². The van der Waals surface area contributed by atoms with E-state index in [1.807, 2.05) is 0 Å². The monoisotopic (exact) mass is 458 g/mol. The zero-order valence-corrected chi connectivity index (χ0v) is 15.0. The molecule has 0 radical (unpaired) electrons. The second-order valence-corrected chi connectivity index (χ2v) is 2.48. The van der Waals surface area contributed by atoms with Crippen molar-refractivity contribution >= 4 is 43.1 Å². The summed E-state index contributed by atoms with van der Waals surface area (Å²) < 4.78 is 63.0. The van der Waals surface area contributed by atoms with Gasteiger partial charge in [-0.2, -0.15) is 0 Å². The molecule has 0 aromatic carbocycles. The van der Waals surface area contributed by atoms with Crippen LogP contribution in [0.1, 0.15) is 0 Å². The van der Waals surface area contributed by atoms with Gasteiger partial charge in [0.05, 0.1) is 0 Å². The molecule has 0 amide bonds. The van der Waals surface area contributed by atoms with Crippen LogP contribution in [0.5, 0.6) is 0 Å². The molecule has 0 aromatic rings. The molecule has 31 heavy (non-hydrogen) atoms. The molecule has 0 saturated heterocycles. The summed E-state index contributed by atoms with van der Waals surface area (Å²) in [6.45, 7) is 0. The first-order valence-electron chi connectivity index (χ1n) is 4.83. The van der Waals surface area contributed by atoms with Crippen LogP contribution >= 0.6 is 0 Å². The van der Waals surface area contributed by atoms with Crippen molar-refractivity contribution < 1.29 is 157 Å². The predicted molar refractivity (Wildman–Crippen MR) is 49.0 cm³/mol. The topological polar surface area (TPSA) is 227 Å². The molecular formula is C6BF6Li3O15. The van der Waals surface area contributed by atoms with E-state index in [0.29, 0.717) is 0 Å². The molecule has 25 heteroatoms. The summed E-state index contributed by atoms with van der Waals surface area (Å²) in [6, 6.07) is 0. The van der Waals surface area contributed by atoms with E-state index in [-0.39, 0.29) is 56.6 Å². The Kier molecular flexibility index (Phi) is 49.8. The quantitative estimate of drug-likeness (QED) is 0.187. The molecule has 0 saturated carbocycles. The van der Waals surface area contributed by atoms with E-state index in [1.54, 1.807) is 0 Å². The summed E-state index contributed by atoms with van der Waals surface area (Å²) in [5.74, 6) is -12.1. The fourth-order valence-corrected chi connectivity index (χ4v) is 0.189. The van der Waals surface area contributed by atoms with Crippen LogP contribution in [0.25, 0.3) is 0 Å². The molecule has 0 N–H and O–H groups in total. The van der Waals surface area contributed by atoms with Gasteiger partial charge in [0.15, 0.2) is 0 Å². The van der Waals surface area contributed by atoms with Crippen molar-refractivity contribution in [3.05, 3.63) is 0 Å². The first-order chi connectivity index (χ1) is 12.9. The summed E-state index contributed by atoms with van der Waals surface area (Å²) in [6.07, 6.45) is 0. The molecule has 0 aliphatic carbocycles. The number of carbonyl (C=O) groups is 6. The normalized spacial score (nSPS) is 6.87. The number of hydrogen-bond acceptors (Lipinski definition) is 15. The van der Waals surface area contributed by atoms with Gasteiger partial charge in [0.2, 0.25) is 0 Å². The van der Waals surface area contributed by atoms with Gasteiger partial charge in [-0.1, -0.05) is 0 Å². The number of rotatable bonds is 0. The Labute approximate surface area is 200 Å². The molecule has 0 fully saturated rings. The molecule has 0 atom stereocenters. The maximum absolute atomic E-state index is 10.5. The first kappa shape index (κ1) is 47.1. The SMILES string of the molecule is O=C(OF)C(=O)OF.O=C(OF)C(=O)OF.O=C(OF)C(=O)OF.[Li+].[Li+].[Li+].[O-]B([O-])[O-]. The van der Waals surface area contributed by atoms with E-state index in [1.165, 1.54) is 0 Å². The van der Waals surface area contributed by atoms with Crippen molar-refractivity contribution in [1.82, 2.24) is 0 Å². The van der Waals surface area contributed by atoms with Crippen molar-refractivity contribution in [2.45, 2.75) is 0 Å². The Bertz CT molecular complexity index is 416. The summed E-state index contributed by atoms with van der Waals surface area (Å²) in [7, 11) is -2.92. The second-order valence-electron chi connectivity index (χ2n) is 2.48. The second kappa shape index (κ2) is 32.8. The number of hydrogen-bond donors (Lipinski definition) is 0. The number of carbonyl (C=O) groups excluding carboxylic acids is 6. The van der Waals surface area contributed by atoms with Gasteiger partial charge in [-0.15, -0.1) is 0 Å². The van der Waals surface area contributed by atoms with Gasteiger partial charge < -0.3 is 15.1 Å². The van der Waals surface area contributed by atoms with Crippen molar-refractivity contribution in [2.75, 3.05) is 0 Å². The molecule has 0 heterocycles. The first-order valence-corrected chi connectivity index (χ1v) is 4.83. The summed E-state index contributed by atoms with van der Waals surface area (Å²) in [4.78, 5) is 70.1. The average molecular weight is 458 g/mol. The third-order valence-electron chi connectivity index (χ3n) is 0.920. The van der Waals surface area contributed by atoms with Gasteiger partial charge in [-0.25, -0.2) is 58.4 Å². The van der Waals surface area contributed by atoms with Crippen molar-refractivity contribution in [3.63, 3.8) is 0 Å². The maximum Gasteiger partial charge on any atom is 1.00 e. The Hall–Kier alpha value is -1.86. The van der Waals surface area contributed by atoms with Crippen molar-refractivity contribution in [1.29, 1.82) is 0 Å². The van der Waals surface area contributed by atoms with Crippen LogP contribution < -0.4 is 71.7 Å². The van der Waals surface area contributed by atoms with E-state index >= 15 is 0 Å². The van der Waals surface area contributed by atoms with Crippen molar-refractivity contribution in [3.8, 4) is 0 Å². The van der Waals surface area contributed by atoms with Crippen LogP contribution in [0.4, 0.5) is 27.2 Å². The van der Waals surface area contributed by atoms with Gasteiger partial charge in [0.25, 0.3) is 0 Å². The Morgan fingerprint density at radius 2 is 0.484 bits per heavy atom. The smallest absolute Gasteiger partial charge is 0.907 e. The van der Waals surface area contributed by atoms with Crippen LogP contribution in [0.2, 0.25) is 0 Å². The Balaban J connectivity index is -0.0000000492. The van der Waals surface area contributed by atoms with E-state index < -0.39 is 43.1 Å². The molecule has 0 spiro atoms. The van der Waals surface area contributed by atoms with Crippen LogP contribution in [-0.4, -0.2) is 43.1 Å². The zero-order valence-electron chi connectivity index (χ0n) is 15.0. The van der Waals surface area contributed by atoms with Gasteiger partial charge in [0, 0.05) is 27.2 Å². The fraction of sp³-hybridized carbons (Fsp3) is 0. The van der Waals surface area contributed by atoms with E-state index in [4.69, 9.17) is 15.1 Å². The third-order valence-corrected chi connectivity index (χ3v) is 0.920. The molecule has 0 aliphatic rings. The molecule has 0 bridgehead atoms. The molecule has 162 valence electrons. The molecule has 0 unspecified atom stereocenters. The van der Waals surface area contributed by atoms with Crippen molar-refractivity contribution in [2.24, 2.45) is 0 Å². The molecular weight excluding hydrogens is 458 g/mol. The average Bonchev–Trinajstić information content (AvgIpc) is 2.70. The maximum atomic E-state index is 10.5. The molecule has 15 nitrogen and oxygen atoms in total. The van der Waals surface area contributed by atoms with E-state index in [2.05, 4.69) is 29.6 Å². The zero-order chi connectivity index (χ0) is 23.3. The fourth-order valence-electron chi connectivity index (χ4n) is 0.189. The van der Waals surface area contributed by atoms with Gasteiger partial charge in [-0.3, -0.25) is 7.32 Å². The summed E-state index contributed by atoms with van der Waals surface area (Å²) >= 11 is 0. The van der Waals surface area contributed by atoms with Crippen LogP contribution in [0.3, 0.4) is 0 Å². The minimum atomic E-state index is -2.92. The minimum Gasteiger partial charge on any atom is -0.907 e. The Morgan fingerprint density at radius 1 is 0.419 bits per heavy atom. The molecule has 0 aromatic heterocycles. The van der Waals surface area contributed by atoms with Gasteiger partial charge in [0.1, 0.15) is 0 Å². The van der Waals surface area contributed by atoms with E-state index in [0.717, 1.165) is 0 Å². The van der Waals surface area contributed by atoms with E-state index in [9.17, 15) is 55.9 Å². The third kappa shape index (κ3) is 39.2. The minimum absolute atomic E-state index is 0. The summed E-state index contributed by atoms with van der Waals surface area (Å²) in [5.41, 5.74) is 0. The largest absolute Gasteiger partial charge is 1.00 e. The standard InChI is InChI=1S/3C2F2O4.BO3.3Li/c3*3-7-1(5)2(6)8-4;2-1(3)4;;;/q;;;-3;3*+1. The summed E-state index contributed by atoms with van der Waals surface area (Å²) in [5, 5.41) is 25.2. The molecule has 0 aliphatic heterocycles. The predicted octanol–water partition coefficient (Wildman–Crippen LogP) is -13.4. The van der Waals surface area contributed by atoms with Gasteiger partial charge in [-0.05, 0) is 0 Å². The van der Waals surface area contributed by atoms with Crippen LogP contribution in [-0.2, 0) is 58.4 Å². The number of halogens is 6. The molecule has 0 rings (SSSR count). The van der Waals surface area contributed by atoms with Crippen LogP contribution in [0.15, 0.2) is 0 Å². The van der Waals surface area contributed by atoms with Gasteiger partial charge >= 0.3 is 92.4 Å².